The number of hydrogen-bond acceptors (Lipinski definition) is 0. The molecule has 0 atom stereocenters. The summed E-state index contributed by atoms with van der Waals surface area (Å²) in [6.45, 7) is 12.6. The van der Waals surface area contributed by atoms with Gasteiger partial charge in [-0.1, -0.05) is 406 Å². The summed E-state index contributed by atoms with van der Waals surface area (Å²) < 4.78 is 1.22. The van der Waals surface area contributed by atoms with Gasteiger partial charge in [-0.2, -0.15) is 0 Å². The molecule has 0 aromatic heterocycles. The van der Waals surface area contributed by atoms with Gasteiger partial charge in [0, 0.05) is 0 Å². The molecule has 0 saturated heterocycles. The van der Waals surface area contributed by atoms with Crippen LogP contribution in [0.15, 0.2) is 12.7 Å². The lowest BCUT2D eigenvalue weighted by Gasteiger charge is -2.34. The number of hydrogen-bond donors (Lipinski definition) is 0. The van der Waals surface area contributed by atoms with Gasteiger partial charge in [-0.15, -0.1) is 0 Å². The van der Waals surface area contributed by atoms with Gasteiger partial charge < -0.3 is 4.48 Å². The van der Waals surface area contributed by atoms with E-state index < -0.39 is 0 Å². The Morgan fingerprint density at radius 1 is 0.192 bits per heavy atom. The fourth-order valence-corrected chi connectivity index (χ4v) is 12.3. The minimum absolute atomic E-state index is 1.15. The SMILES string of the molecule is C=CC[N+](C)(CCCCCCCCCCCCCCCCCCCCCCCCCCCCCCCCCC)CCCCCCCCCCCCCCCCCCCCCCCCCCCCCCCCCC. The number of unbranched alkanes of at least 4 members (excludes halogenated alkanes) is 62. The lowest BCUT2D eigenvalue weighted by molar-refractivity contribution is -0.904. The van der Waals surface area contributed by atoms with Gasteiger partial charge >= 0.3 is 0 Å². The van der Waals surface area contributed by atoms with Gasteiger partial charge in [0.15, 0.2) is 0 Å². The number of rotatable bonds is 68. The van der Waals surface area contributed by atoms with Gasteiger partial charge in [0.25, 0.3) is 0 Å². The molecule has 0 N–H and O–H groups in total. The molecule has 0 bridgehead atoms. The van der Waals surface area contributed by atoms with Crippen molar-refractivity contribution in [3.63, 3.8) is 0 Å². The van der Waals surface area contributed by atoms with Crippen molar-refractivity contribution < 1.29 is 4.48 Å². The Morgan fingerprint density at radius 3 is 0.411 bits per heavy atom. The van der Waals surface area contributed by atoms with Crippen molar-refractivity contribution in [3.05, 3.63) is 12.7 Å². The molecule has 0 amide bonds. The molecule has 0 saturated carbocycles. The third kappa shape index (κ3) is 64.1. The van der Waals surface area contributed by atoms with E-state index >= 15 is 0 Å². The molecule has 0 aliphatic rings. The summed E-state index contributed by atoms with van der Waals surface area (Å²) in [4.78, 5) is 0. The molecule has 0 unspecified atom stereocenters. The molecule has 0 aromatic carbocycles. The predicted octanol–water partition coefficient (Wildman–Crippen LogP) is 26.6. The van der Waals surface area contributed by atoms with Crippen molar-refractivity contribution in [2.45, 2.75) is 425 Å². The quantitative estimate of drug-likeness (QED) is 0.0324. The molecule has 0 aromatic rings. The third-order valence-electron chi connectivity index (χ3n) is 17.7. The van der Waals surface area contributed by atoms with Crippen LogP contribution in [0.4, 0.5) is 0 Å². The molecule has 0 fully saturated rings. The van der Waals surface area contributed by atoms with Crippen LogP contribution in [0.2, 0.25) is 0 Å². The Kier molecular flexibility index (Phi) is 65.7. The molecule has 438 valence electrons. The first-order valence-corrected chi connectivity index (χ1v) is 35.6. The molecule has 0 aliphatic carbocycles. The Hall–Kier alpha value is -0.300. The first-order chi connectivity index (χ1) is 36.2. The molecular weight excluding hydrogens is 879 g/mol. The fraction of sp³-hybridized carbons (Fsp3) is 0.972. The smallest absolute Gasteiger partial charge is 0.0969 e. The van der Waals surface area contributed by atoms with Gasteiger partial charge in [0.1, 0.15) is 0 Å². The fourth-order valence-electron chi connectivity index (χ4n) is 12.3. The summed E-state index contributed by atoms with van der Waals surface area (Å²) in [5, 5.41) is 0. The average molecular weight is 1030 g/mol. The van der Waals surface area contributed by atoms with E-state index in [-0.39, 0.29) is 0 Å². The van der Waals surface area contributed by atoms with E-state index in [0.29, 0.717) is 0 Å². The molecule has 0 heterocycles. The topological polar surface area (TPSA) is 0 Å². The van der Waals surface area contributed by atoms with Crippen LogP contribution in [0, 0.1) is 0 Å². The first-order valence-electron chi connectivity index (χ1n) is 35.6. The highest BCUT2D eigenvalue weighted by atomic mass is 15.3. The molecule has 1 nitrogen and oxygen atoms in total. The Balaban J connectivity index is 3.35. The molecule has 0 aliphatic heterocycles. The van der Waals surface area contributed by atoms with E-state index in [1.807, 2.05) is 0 Å². The van der Waals surface area contributed by atoms with Gasteiger partial charge in [0.05, 0.1) is 26.7 Å². The molecule has 0 radical (unpaired) electrons. The van der Waals surface area contributed by atoms with Crippen molar-refractivity contribution in [3.8, 4) is 0 Å². The summed E-state index contributed by atoms with van der Waals surface area (Å²) in [5.41, 5.74) is 0. The number of nitrogens with zero attached hydrogens (tertiary/aromatic N) is 1. The Labute approximate surface area is 466 Å². The second-order valence-electron chi connectivity index (χ2n) is 25.5. The Morgan fingerprint density at radius 2 is 0.301 bits per heavy atom. The van der Waals surface area contributed by atoms with Crippen LogP contribution in [0.3, 0.4) is 0 Å². The van der Waals surface area contributed by atoms with Crippen molar-refractivity contribution in [1.82, 2.24) is 0 Å². The second-order valence-corrected chi connectivity index (χ2v) is 25.5. The summed E-state index contributed by atoms with van der Waals surface area (Å²) in [6, 6.07) is 0. The van der Waals surface area contributed by atoms with Crippen molar-refractivity contribution in [2.24, 2.45) is 0 Å². The van der Waals surface area contributed by atoms with E-state index in [2.05, 4.69) is 33.6 Å². The number of quaternary nitrogens is 1. The normalized spacial score (nSPS) is 11.9. The van der Waals surface area contributed by atoms with Crippen LogP contribution < -0.4 is 0 Å². The summed E-state index contributed by atoms with van der Waals surface area (Å²) in [7, 11) is 2.51. The van der Waals surface area contributed by atoms with Crippen LogP contribution in [0.25, 0.3) is 0 Å². The van der Waals surface area contributed by atoms with Gasteiger partial charge in [-0.25, -0.2) is 0 Å². The lowest BCUT2D eigenvalue weighted by Crippen LogP contribution is -2.45. The minimum atomic E-state index is 1.15. The monoisotopic (exact) mass is 1030 g/mol. The zero-order chi connectivity index (χ0) is 52.6. The van der Waals surface area contributed by atoms with E-state index in [9.17, 15) is 0 Å². The molecule has 73 heavy (non-hydrogen) atoms. The summed E-state index contributed by atoms with van der Waals surface area (Å²) >= 11 is 0. The largest absolute Gasteiger partial charge is 0.323 e. The molecule has 1 heteroatoms. The van der Waals surface area contributed by atoms with Gasteiger partial charge in [-0.05, 0) is 31.8 Å². The lowest BCUT2D eigenvalue weighted by atomic mass is 10.0. The maximum Gasteiger partial charge on any atom is 0.0969 e. The standard InChI is InChI=1S/C72H146N/c1-5-8-10-12-14-16-18-20-22-24-26-28-30-32-34-36-38-40-42-44-46-48-50-52-54-56-58-60-62-64-66-68-71-73(4,70-7-3)72-69-67-65-63-61-59-57-55-53-51-49-47-45-43-41-39-37-35-33-31-29-27-25-23-21-19-17-15-13-11-9-6-2/h7H,3,5-6,8-72H2,1-2,4H3/q+1. The zero-order valence-electron chi connectivity index (χ0n) is 52.1. The van der Waals surface area contributed by atoms with Crippen LogP contribution >= 0.6 is 0 Å². The summed E-state index contributed by atoms with van der Waals surface area (Å²) in [5.74, 6) is 0. The maximum absolute atomic E-state index is 4.14. The van der Waals surface area contributed by atoms with E-state index in [1.54, 1.807) is 0 Å². The molecule has 0 spiro atoms. The van der Waals surface area contributed by atoms with Crippen LogP contribution in [0.5, 0.6) is 0 Å². The van der Waals surface area contributed by atoms with E-state index in [4.69, 9.17) is 0 Å². The average Bonchev–Trinajstić information content (AvgIpc) is 3.39. The van der Waals surface area contributed by atoms with E-state index in [1.165, 1.54) is 429 Å². The van der Waals surface area contributed by atoms with Crippen LogP contribution in [0.1, 0.15) is 425 Å². The molecular formula is C72H146N+. The van der Waals surface area contributed by atoms with Gasteiger partial charge in [0.2, 0.25) is 0 Å². The highest BCUT2D eigenvalue weighted by Crippen LogP contribution is 2.21. The predicted molar refractivity (Wildman–Crippen MR) is 338 cm³/mol. The third-order valence-corrected chi connectivity index (χ3v) is 17.7. The number of likely N-dealkylation sites (N-methyl/N-ethyl adjacent to an activating group) is 1. The van der Waals surface area contributed by atoms with Crippen molar-refractivity contribution >= 4 is 0 Å². The zero-order valence-corrected chi connectivity index (χ0v) is 52.1. The second kappa shape index (κ2) is 66.0. The Bertz CT molecular complexity index is 885. The summed E-state index contributed by atoms with van der Waals surface area (Å²) in [6.07, 6.45) is 96.6. The molecule has 0 rings (SSSR count). The minimum Gasteiger partial charge on any atom is -0.323 e. The van der Waals surface area contributed by atoms with Crippen molar-refractivity contribution in [2.75, 3.05) is 26.7 Å². The first kappa shape index (κ1) is 72.7. The van der Waals surface area contributed by atoms with E-state index in [0.717, 1.165) is 6.54 Å². The van der Waals surface area contributed by atoms with Gasteiger partial charge in [-0.3, -0.25) is 0 Å². The van der Waals surface area contributed by atoms with Crippen molar-refractivity contribution in [1.29, 1.82) is 0 Å². The maximum atomic E-state index is 4.14. The highest BCUT2D eigenvalue weighted by Gasteiger charge is 2.18. The highest BCUT2D eigenvalue weighted by molar-refractivity contribution is 4.66. The van der Waals surface area contributed by atoms with Crippen LogP contribution in [-0.4, -0.2) is 31.2 Å². The van der Waals surface area contributed by atoms with Crippen LogP contribution in [-0.2, 0) is 0 Å².